The molecule has 0 aromatic heterocycles. The number of amides is 1. The fraction of sp³-hybridized carbons (Fsp3) is 0.500. The number of hydrogen-bond donors (Lipinski definition) is 2. The first-order chi connectivity index (χ1) is 10.0. The first-order valence-corrected chi connectivity index (χ1v) is 6.94. The molecule has 7 nitrogen and oxygen atoms in total. The topological polar surface area (TPSA) is 104 Å². The highest BCUT2D eigenvalue weighted by Gasteiger charge is 2.31. The Kier molecular flexibility index (Phi) is 4.74. The minimum Gasteiger partial charge on any atom is -0.508 e. The van der Waals surface area contributed by atoms with Crippen molar-refractivity contribution in [2.45, 2.75) is 31.7 Å². The number of piperidine rings is 1. The average Bonchev–Trinajstić information content (AvgIpc) is 2.47. The summed E-state index contributed by atoms with van der Waals surface area (Å²) in [7, 11) is 0. The van der Waals surface area contributed by atoms with E-state index in [-0.39, 0.29) is 29.6 Å². The number of nitrogens with zero attached hydrogens (tertiary/aromatic N) is 2. The minimum atomic E-state index is -0.627. The van der Waals surface area contributed by atoms with Crippen LogP contribution >= 0.6 is 0 Å². The van der Waals surface area contributed by atoms with Crippen molar-refractivity contribution in [3.05, 3.63) is 33.9 Å². The number of aliphatic hydroxyl groups excluding tert-OH is 1. The van der Waals surface area contributed by atoms with Crippen molar-refractivity contribution in [3.63, 3.8) is 0 Å². The van der Waals surface area contributed by atoms with Gasteiger partial charge in [0.25, 0.3) is 11.6 Å². The molecule has 1 aliphatic rings. The molecule has 1 fully saturated rings. The van der Waals surface area contributed by atoms with E-state index >= 15 is 0 Å². The molecule has 1 aromatic rings. The summed E-state index contributed by atoms with van der Waals surface area (Å²) in [6, 6.07) is 3.34. The number of phenols is 1. The van der Waals surface area contributed by atoms with Crippen molar-refractivity contribution in [2.24, 2.45) is 0 Å². The van der Waals surface area contributed by atoms with Gasteiger partial charge in [-0.25, -0.2) is 0 Å². The third-order valence-corrected chi connectivity index (χ3v) is 3.76. The molecule has 2 N–H and O–H groups in total. The van der Waals surface area contributed by atoms with Gasteiger partial charge in [0.1, 0.15) is 11.3 Å². The molecule has 1 aromatic carbocycles. The van der Waals surface area contributed by atoms with Crippen LogP contribution in [-0.4, -0.2) is 45.1 Å². The number of hydrogen-bond acceptors (Lipinski definition) is 5. The molecule has 2 rings (SSSR count). The van der Waals surface area contributed by atoms with Crippen LogP contribution in [0, 0.1) is 10.1 Å². The Labute approximate surface area is 122 Å². The highest BCUT2D eigenvalue weighted by molar-refractivity contribution is 5.98. The zero-order valence-electron chi connectivity index (χ0n) is 11.6. The number of phenolic OH excluding ortho intramolecular Hbond substituents is 1. The van der Waals surface area contributed by atoms with Crippen molar-refractivity contribution in [1.29, 1.82) is 0 Å². The van der Waals surface area contributed by atoms with Crippen LogP contribution in [0.3, 0.4) is 0 Å². The smallest absolute Gasteiger partial charge is 0.282 e. The third kappa shape index (κ3) is 3.30. The zero-order valence-corrected chi connectivity index (χ0v) is 11.6. The summed E-state index contributed by atoms with van der Waals surface area (Å²) in [6.07, 6.45) is 3.04. The van der Waals surface area contributed by atoms with E-state index in [1.165, 1.54) is 6.07 Å². The van der Waals surface area contributed by atoms with E-state index in [0.29, 0.717) is 13.0 Å². The first-order valence-electron chi connectivity index (χ1n) is 6.94. The van der Waals surface area contributed by atoms with E-state index in [0.717, 1.165) is 31.4 Å². The Morgan fingerprint density at radius 1 is 1.43 bits per heavy atom. The monoisotopic (exact) mass is 294 g/mol. The van der Waals surface area contributed by atoms with E-state index in [1.54, 1.807) is 4.90 Å². The van der Waals surface area contributed by atoms with Crippen molar-refractivity contribution in [3.8, 4) is 5.75 Å². The Morgan fingerprint density at radius 3 is 2.86 bits per heavy atom. The van der Waals surface area contributed by atoms with Crippen LogP contribution in [-0.2, 0) is 0 Å². The van der Waals surface area contributed by atoms with Gasteiger partial charge in [0.2, 0.25) is 0 Å². The summed E-state index contributed by atoms with van der Waals surface area (Å²) in [5, 5.41) is 29.6. The Bertz CT molecular complexity index is 544. The number of aromatic hydroxyl groups is 1. The Balaban J connectivity index is 2.33. The van der Waals surface area contributed by atoms with Crippen molar-refractivity contribution >= 4 is 11.6 Å². The molecule has 0 spiro atoms. The summed E-state index contributed by atoms with van der Waals surface area (Å²) in [6.45, 7) is 0.479. The van der Waals surface area contributed by atoms with E-state index in [9.17, 15) is 20.0 Å². The number of carbonyl (C=O) groups is 1. The lowest BCUT2D eigenvalue weighted by molar-refractivity contribution is -0.385. The summed E-state index contributed by atoms with van der Waals surface area (Å²) in [5.41, 5.74) is -0.420. The second kappa shape index (κ2) is 6.53. The Hall–Kier alpha value is -2.15. The number of benzene rings is 1. The van der Waals surface area contributed by atoms with Gasteiger partial charge in [-0.15, -0.1) is 0 Å². The van der Waals surface area contributed by atoms with E-state index in [1.807, 2.05) is 0 Å². The fourth-order valence-electron chi connectivity index (χ4n) is 2.73. The maximum atomic E-state index is 12.6. The normalized spacial score (nSPS) is 18.5. The van der Waals surface area contributed by atoms with Crippen LogP contribution in [0.15, 0.2) is 18.2 Å². The van der Waals surface area contributed by atoms with E-state index in [4.69, 9.17) is 5.11 Å². The SMILES string of the molecule is O=C(c1cc(O)ccc1[N+](=O)[O-])N1CCCCC1CCO. The molecule has 1 atom stereocenters. The van der Waals surface area contributed by atoms with Gasteiger partial charge < -0.3 is 15.1 Å². The molecule has 0 saturated carbocycles. The lowest BCUT2D eigenvalue weighted by Gasteiger charge is -2.35. The standard InChI is InChI=1S/C14H18N2O5/c17-8-6-10-3-1-2-7-15(10)14(19)12-9-11(18)4-5-13(12)16(20)21/h4-5,9-10,17-18H,1-3,6-8H2. The van der Waals surface area contributed by atoms with Crippen LogP contribution in [0.25, 0.3) is 0 Å². The highest BCUT2D eigenvalue weighted by Crippen LogP contribution is 2.28. The van der Waals surface area contributed by atoms with Crippen molar-refractivity contribution < 1.29 is 19.9 Å². The van der Waals surface area contributed by atoms with Gasteiger partial charge in [-0.3, -0.25) is 14.9 Å². The zero-order chi connectivity index (χ0) is 15.4. The lowest BCUT2D eigenvalue weighted by atomic mass is 9.98. The number of rotatable bonds is 4. The van der Waals surface area contributed by atoms with Crippen LogP contribution < -0.4 is 0 Å². The van der Waals surface area contributed by atoms with E-state index < -0.39 is 10.8 Å². The molecule has 0 aliphatic carbocycles. The van der Waals surface area contributed by atoms with Gasteiger partial charge in [0.15, 0.2) is 0 Å². The molecule has 1 saturated heterocycles. The Morgan fingerprint density at radius 2 is 2.19 bits per heavy atom. The molecule has 1 aliphatic heterocycles. The summed E-state index contributed by atoms with van der Waals surface area (Å²) in [4.78, 5) is 24.6. The van der Waals surface area contributed by atoms with Gasteiger partial charge in [-0.05, 0) is 37.8 Å². The van der Waals surface area contributed by atoms with Gasteiger partial charge in [0.05, 0.1) is 4.92 Å². The summed E-state index contributed by atoms with van der Waals surface area (Å²) in [5.74, 6) is -0.643. The number of nitro benzene ring substituents is 1. The maximum absolute atomic E-state index is 12.6. The summed E-state index contributed by atoms with van der Waals surface area (Å²) >= 11 is 0. The largest absolute Gasteiger partial charge is 0.508 e. The van der Waals surface area contributed by atoms with Crippen LogP contribution in [0.5, 0.6) is 5.75 Å². The lowest BCUT2D eigenvalue weighted by Crippen LogP contribution is -2.44. The van der Waals surface area contributed by atoms with Crippen LogP contribution in [0.1, 0.15) is 36.0 Å². The van der Waals surface area contributed by atoms with Gasteiger partial charge in [0, 0.05) is 25.3 Å². The van der Waals surface area contributed by atoms with Gasteiger partial charge in [-0.1, -0.05) is 0 Å². The molecule has 0 radical (unpaired) electrons. The fourth-order valence-corrected chi connectivity index (χ4v) is 2.73. The highest BCUT2D eigenvalue weighted by atomic mass is 16.6. The van der Waals surface area contributed by atoms with Crippen molar-refractivity contribution in [2.75, 3.05) is 13.2 Å². The molecule has 7 heteroatoms. The predicted molar refractivity (Wildman–Crippen MR) is 75.1 cm³/mol. The second-order valence-corrected chi connectivity index (χ2v) is 5.12. The second-order valence-electron chi connectivity index (χ2n) is 5.12. The average molecular weight is 294 g/mol. The first kappa shape index (κ1) is 15.2. The van der Waals surface area contributed by atoms with Gasteiger partial charge >= 0.3 is 0 Å². The molecular formula is C14H18N2O5. The number of aliphatic hydroxyl groups is 1. The molecule has 1 heterocycles. The quantitative estimate of drug-likeness (QED) is 0.649. The molecular weight excluding hydrogens is 276 g/mol. The number of nitro groups is 1. The number of carbonyl (C=O) groups excluding carboxylic acids is 1. The minimum absolute atomic E-state index is 0.0312. The predicted octanol–water partition coefficient (Wildman–Crippen LogP) is 1.68. The van der Waals surface area contributed by atoms with E-state index in [2.05, 4.69) is 0 Å². The number of likely N-dealkylation sites (tertiary alicyclic amines) is 1. The molecule has 21 heavy (non-hydrogen) atoms. The molecule has 1 unspecified atom stereocenters. The van der Waals surface area contributed by atoms with Crippen LogP contribution in [0.2, 0.25) is 0 Å². The summed E-state index contributed by atoms with van der Waals surface area (Å²) < 4.78 is 0. The van der Waals surface area contributed by atoms with Crippen LogP contribution in [0.4, 0.5) is 5.69 Å². The molecule has 1 amide bonds. The van der Waals surface area contributed by atoms with Crippen molar-refractivity contribution in [1.82, 2.24) is 4.90 Å². The molecule has 114 valence electrons. The van der Waals surface area contributed by atoms with Gasteiger partial charge in [-0.2, -0.15) is 0 Å². The maximum Gasteiger partial charge on any atom is 0.282 e. The third-order valence-electron chi connectivity index (χ3n) is 3.76. The molecule has 0 bridgehead atoms.